The van der Waals surface area contributed by atoms with Gasteiger partial charge in [0.25, 0.3) is 5.91 Å². The van der Waals surface area contributed by atoms with Crippen LogP contribution in [0.2, 0.25) is 0 Å². The van der Waals surface area contributed by atoms with Gasteiger partial charge in [0.1, 0.15) is 0 Å². The van der Waals surface area contributed by atoms with Crippen molar-refractivity contribution >= 4 is 49.1 Å². The zero-order valence-electron chi connectivity index (χ0n) is 14.0. The van der Waals surface area contributed by atoms with E-state index >= 15 is 0 Å². The summed E-state index contributed by atoms with van der Waals surface area (Å²) in [5, 5.41) is 7.40. The van der Waals surface area contributed by atoms with Crippen LogP contribution in [0.4, 0.5) is 5.13 Å². The van der Waals surface area contributed by atoms with Gasteiger partial charge in [-0.2, -0.15) is 0 Å². The van der Waals surface area contributed by atoms with E-state index in [1.165, 1.54) is 16.9 Å². The molecule has 3 nitrogen and oxygen atoms in total. The molecule has 0 bridgehead atoms. The van der Waals surface area contributed by atoms with Crippen molar-refractivity contribution in [3.05, 3.63) is 81.6 Å². The third-order valence-corrected chi connectivity index (χ3v) is 5.63. The summed E-state index contributed by atoms with van der Waals surface area (Å²) in [7, 11) is 0. The second-order valence-electron chi connectivity index (χ2n) is 6.00. The molecule has 0 saturated carbocycles. The molecule has 4 aromatic rings. The highest BCUT2D eigenvalue weighted by atomic mass is 79.9. The maximum absolute atomic E-state index is 12.8. The minimum absolute atomic E-state index is 0.154. The van der Waals surface area contributed by atoms with Gasteiger partial charge in [0.05, 0.1) is 5.69 Å². The van der Waals surface area contributed by atoms with E-state index in [4.69, 9.17) is 0 Å². The normalized spacial score (nSPS) is 10.8. The third-order valence-electron chi connectivity index (χ3n) is 4.19. The van der Waals surface area contributed by atoms with Gasteiger partial charge in [-0.25, -0.2) is 4.98 Å². The van der Waals surface area contributed by atoms with Gasteiger partial charge >= 0.3 is 0 Å². The molecule has 0 fully saturated rings. The number of thiazole rings is 1. The highest BCUT2D eigenvalue weighted by molar-refractivity contribution is 9.10. The number of aryl methyl sites for hydroxylation is 1. The zero-order valence-corrected chi connectivity index (χ0v) is 16.4. The Morgan fingerprint density at radius 2 is 1.73 bits per heavy atom. The number of fused-ring (bicyclic) bond motifs is 1. The molecule has 0 aliphatic carbocycles. The minimum Gasteiger partial charge on any atom is -0.298 e. The molecule has 3 aromatic carbocycles. The Kier molecular flexibility index (Phi) is 4.57. The van der Waals surface area contributed by atoms with Gasteiger partial charge in [-0.1, -0.05) is 70.0 Å². The summed E-state index contributed by atoms with van der Waals surface area (Å²) in [4.78, 5) is 17.3. The first-order chi connectivity index (χ1) is 12.6. The number of benzene rings is 3. The van der Waals surface area contributed by atoms with Crippen molar-refractivity contribution in [2.45, 2.75) is 6.92 Å². The first-order valence-corrected chi connectivity index (χ1v) is 9.80. The molecule has 0 aliphatic heterocycles. The molecule has 26 heavy (non-hydrogen) atoms. The Hall–Kier alpha value is -2.50. The van der Waals surface area contributed by atoms with E-state index in [1.54, 1.807) is 0 Å². The Bertz CT molecular complexity index is 1100. The highest BCUT2D eigenvalue weighted by Gasteiger charge is 2.13. The Morgan fingerprint density at radius 3 is 2.54 bits per heavy atom. The van der Waals surface area contributed by atoms with Crippen molar-refractivity contribution in [3.8, 4) is 11.3 Å². The molecule has 1 N–H and O–H groups in total. The lowest BCUT2D eigenvalue weighted by Crippen LogP contribution is -2.12. The van der Waals surface area contributed by atoms with Gasteiger partial charge in [-0.3, -0.25) is 10.1 Å². The number of carbonyl (C=O) groups excluding carboxylic acids is 1. The van der Waals surface area contributed by atoms with Crippen LogP contribution in [0.15, 0.2) is 70.5 Å². The van der Waals surface area contributed by atoms with Gasteiger partial charge in [-0.05, 0) is 29.8 Å². The fourth-order valence-electron chi connectivity index (χ4n) is 2.82. The van der Waals surface area contributed by atoms with Crippen molar-refractivity contribution in [1.29, 1.82) is 0 Å². The summed E-state index contributed by atoms with van der Waals surface area (Å²) in [5.41, 5.74) is 3.75. The smallest absolute Gasteiger partial charge is 0.258 e. The number of carbonyl (C=O) groups is 1. The van der Waals surface area contributed by atoms with E-state index in [0.29, 0.717) is 10.7 Å². The number of amides is 1. The lowest BCUT2D eigenvalue weighted by Gasteiger charge is -2.07. The maximum atomic E-state index is 12.8. The van der Waals surface area contributed by atoms with Crippen LogP contribution in [0.5, 0.6) is 0 Å². The van der Waals surface area contributed by atoms with Crippen LogP contribution in [0.25, 0.3) is 22.0 Å². The summed E-state index contributed by atoms with van der Waals surface area (Å²) >= 11 is 4.97. The molecule has 0 unspecified atom stereocenters. The first kappa shape index (κ1) is 16.9. The van der Waals surface area contributed by atoms with Gasteiger partial charge in [0.15, 0.2) is 5.13 Å². The summed E-state index contributed by atoms with van der Waals surface area (Å²) in [6, 6.07) is 19.8. The van der Waals surface area contributed by atoms with Crippen molar-refractivity contribution in [2.75, 3.05) is 5.32 Å². The zero-order chi connectivity index (χ0) is 18.1. The summed E-state index contributed by atoms with van der Waals surface area (Å²) in [5.74, 6) is -0.154. The fraction of sp³-hybridized carbons (Fsp3) is 0.0476. The second-order valence-corrected chi connectivity index (χ2v) is 7.71. The van der Waals surface area contributed by atoms with Crippen LogP contribution in [0, 0.1) is 6.92 Å². The highest BCUT2D eigenvalue weighted by Crippen LogP contribution is 2.28. The summed E-state index contributed by atoms with van der Waals surface area (Å²) in [6.07, 6.45) is 0. The topological polar surface area (TPSA) is 42.0 Å². The molecule has 1 amide bonds. The van der Waals surface area contributed by atoms with Crippen LogP contribution >= 0.6 is 27.3 Å². The summed E-state index contributed by atoms with van der Waals surface area (Å²) in [6.45, 7) is 2.05. The predicted molar refractivity (Wildman–Crippen MR) is 112 cm³/mol. The van der Waals surface area contributed by atoms with Crippen molar-refractivity contribution in [2.24, 2.45) is 0 Å². The molecule has 0 saturated heterocycles. The number of rotatable bonds is 3. The number of hydrogen-bond acceptors (Lipinski definition) is 3. The molecule has 0 radical (unpaired) electrons. The van der Waals surface area contributed by atoms with Crippen molar-refractivity contribution in [3.63, 3.8) is 0 Å². The third kappa shape index (κ3) is 3.28. The Labute approximate surface area is 163 Å². The van der Waals surface area contributed by atoms with E-state index in [9.17, 15) is 4.79 Å². The molecule has 0 atom stereocenters. The van der Waals surface area contributed by atoms with Crippen LogP contribution < -0.4 is 5.32 Å². The van der Waals surface area contributed by atoms with E-state index in [1.807, 2.05) is 53.9 Å². The predicted octanol–water partition coefficient (Wildman–Crippen LogP) is 6.29. The average molecular weight is 423 g/mol. The standard InChI is InChI=1S/C21H15BrN2OS/c1-13-8-10-14(11-9-13)19-12-26-21(23-19)24-20(25)17-6-2-5-16-15(17)4-3-7-18(16)22/h2-12H,1H3,(H,23,24,25). The number of halogens is 1. The monoisotopic (exact) mass is 422 g/mol. The molecule has 5 heteroatoms. The number of anilines is 1. The maximum Gasteiger partial charge on any atom is 0.258 e. The van der Waals surface area contributed by atoms with Crippen LogP contribution in [0.1, 0.15) is 15.9 Å². The van der Waals surface area contributed by atoms with Crippen LogP contribution in [-0.4, -0.2) is 10.9 Å². The van der Waals surface area contributed by atoms with Crippen molar-refractivity contribution in [1.82, 2.24) is 4.98 Å². The molecule has 0 spiro atoms. The molecule has 1 aromatic heterocycles. The van der Waals surface area contributed by atoms with Crippen molar-refractivity contribution < 1.29 is 4.79 Å². The molecule has 128 valence electrons. The molecule has 0 aliphatic rings. The Balaban J connectivity index is 1.62. The number of hydrogen-bond donors (Lipinski definition) is 1. The Morgan fingerprint density at radius 1 is 1.00 bits per heavy atom. The fourth-order valence-corrected chi connectivity index (χ4v) is 4.04. The molecular formula is C21H15BrN2OS. The largest absolute Gasteiger partial charge is 0.298 e. The summed E-state index contributed by atoms with van der Waals surface area (Å²) < 4.78 is 0.973. The number of nitrogens with zero attached hydrogens (tertiary/aromatic N) is 1. The van der Waals surface area contributed by atoms with Gasteiger partial charge < -0.3 is 0 Å². The lowest BCUT2D eigenvalue weighted by atomic mass is 10.0. The quantitative estimate of drug-likeness (QED) is 0.421. The number of nitrogens with one attached hydrogen (secondary N) is 1. The molecule has 1 heterocycles. The SMILES string of the molecule is Cc1ccc(-c2csc(NC(=O)c3cccc4c(Br)cccc34)n2)cc1. The van der Waals surface area contributed by atoms with E-state index in [2.05, 4.69) is 45.3 Å². The van der Waals surface area contributed by atoms with Crippen LogP contribution in [0.3, 0.4) is 0 Å². The second kappa shape index (κ2) is 7.02. The van der Waals surface area contributed by atoms with E-state index < -0.39 is 0 Å². The van der Waals surface area contributed by atoms with E-state index in [0.717, 1.165) is 26.5 Å². The first-order valence-electron chi connectivity index (χ1n) is 8.13. The van der Waals surface area contributed by atoms with Gasteiger partial charge in [0, 0.05) is 21.0 Å². The lowest BCUT2D eigenvalue weighted by molar-refractivity contribution is 0.102. The van der Waals surface area contributed by atoms with Gasteiger partial charge in [0.2, 0.25) is 0 Å². The van der Waals surface area contributed by atoms with E-state index in [-0.39, 0.29) is 5.91 Å². The van der Waals surface area contributed by atoms with Crippen LogP contribution in [-0.2, 0) is 0 Å². The molecule has 4 rings (SSSR count). The average Bonchev–Trinajstić information content (AvgIpc) is 3.10. The molecular weight excluding hydrogens is 408 g/mol. The number of aromatic nitrogens is 1. The van der Waals surface area contributed by atoms with Gasteiger partial charge in [-0.15, -0.1) is 11.3 Å². The minimum atomic E-state index is -0.154.